The minimum Gasteiger partial charge on any atom is -0.497 e. The molecule has 0 atom stereocenters. The Balaban J connectivity index is 1.81. The first kappa shape index (κ1) is 15.8. The van der Waals surface area contributed by atoms with E-state index in [0.29, 0.717) is 5.13 Å². The number of aromatic nitrogens is 1. The maximum absolute atomic E-state index is 12.3. The zero-order valence-electron chi connectivity index (χ0n) is 12.7. The molecule has 0 fully saturated rings. The predicted molar refractivity (Wildman–Crippen MR) is 93.6 cm³/mol. The van der Waals surface area contributed by atoms with Crippen molar-refractivity contribution in [2.75, 3.05) is 11.8 Å². The molecule has 0 radical (unpaired) electrons. The maximum Gasteiger partial charge on any atom is 0.238 e. The van der Waals surface area contributed by atoms with E-state index in [0.717, 1.165) is 27.1 Å². The molecule has 23 heavy (non-hydrogen) atoms. The number of methoxy groups -OCH3 is 1. The third kappa shape index (κ3) is 3.80. The minimum atomic E-state index is -3.50. The molecule has 0 aliphatic rings. The number of fused-ring (bicyclic) bond motifs is 1. The molecule has 1 heterocycles. The second kappa shape index (κ2) is 6.17. The minimum absolute atomic E-state index is 0.0769. The van der Waals surface area contributed by atoms with Crippen molar-refractivity contribution in [1.29, 1.82) is 0 Å². The Morgan fingerprint density at radius 1 is 1.17 bits per heavy atom. The summed E-state index contributed by atoms with van der Waals surface area (Å²) in [6.45, 7) is 1.96. The van der Waals surface area contributed by atoms with E-state index in [2.05, 4.69) is 9.71 Å². The molecule has 5 nitrogen and oxygen atoms in total. The van der Waals surface area contributed by atoms with Gasteiger partial charge in [0.05, 0.1) is 23.1 Å². The molecule has 3 rings (SSSR count). The molecule has 0 spiro atoms. The molecule has 1 N–H and O–H groups in total. The Morgan fingerprint density at radius 3 is 2.61 bits per heavy atom. The highest BCUT2D eigenvalue weighted by Crippen LogP contribution is 2.29. The number of rotatable bonds is 5. The molecular formula is C16H16N2O3S2. The third-order valence-electron chi connectivity index (χ3n) is 3.32. The van der Waals surface area contributed by atoms with Crippen LogP contribution in [0.2, 0.25) is 0 Å². The van der Waals surface area contributed by atoms with Crippen LogP contribution in [0.5, 0.6) is 5.75 Å². The number of thiazole rings is 1. The van der Waals surface area contributed by atoms with Gasteiger partial charge in [-0.3, -0.25) is 4.72 Å². The Morgan fingerprint density at radius 2 is 1.91 bits per heavy atom. The lowest BCUT2D eigenvalue weighted by Gasteiger charge is -2.05. The van der Waals surface area contributed by atoms with Crippen molar-refractivity contribution in [3.63, 3.8) is 0 Å². The summed E-state index contributed by atoms with van der Waals surface area (Å²) in [5.74, 6) is 0.641. The Kier molecular flexibility index (Phi) is 4.23. The zero-order valence-corrected chi connectivity index (χ0v) is 14.4. The molecule has 0 unspecified atom stereocenters. The number of sulfonamides is 1. The van der Waals surface area contributed by atoms with E-state index < -0.39 is 10.0 Å². The van der Waals surface area contributed by atoms with E-state index >= 15 is 0 Å². The zero-order chi connectivity index (χ0) is 16.4. The lowest BCUT2D eigenvalue weighted by Crippen LogP contribution is -2.14. The summed E-state index contributed by atoms with van der Waals surface area (Å²) in [6, 6.07) is 12.9. The second-order valence-electron chi connectivity index (χ2n) is 5.20. The normalized spacial score (nSPS) is 11.6. The summed E-state index contributed by atoms with van der Waals surface area (Å²) in [5, 5.41) is 0.361. The molecule has 7 heteroatoms. The Bertz CT molecular complexity index is 932. The predicted octanol–water partition coefficient (Wildman–Crippen LogP) is 3.56. The van der Waals surface area contributed by atoms with Crippen molar-refractivity contribution in [1.82, 2.24) is 4.98 Å². The van der Waals surface area contributed by atoms with Crippen LogP contribution < -0.4 is 9.46 Å². The summed E-state index contributed by atoms with van der Waals surface area (Å²) in [5.41, 5.74) is 2.58. The fourth-order valence-corrected chi connectivity index (χ4v) is 4.46. The second-order valence-corrected chi connectivity index (χ2v) is 7.95. The largest absolute Gasteiger partial charge is 0.497 e. The van der Waals surface area contributed by atoms with Gasteiger partial charge in [-0.25, -0.2) is 13.4 Å². The quantitative estimate of drug-likeness (QED) is 0.765. The monoisotopic (exact) mass is 348 g/mol. The molecular weight excluding hydrogens is 332 g/mol. The Hall–Kier alpha value is -2.12. The van der Waals surface area contributed by atoms with E-state index in [1.54, 1.807) is 13.2 Å². The molecule has 0 aliphatic heterocycles. The Labute approximate surface area is 139 Å². The molecule has 0 amide bonds. The van der Waals surface area contributed by atoms with Gasteiger partial charge >= 0.3 is 0 Å². The van der Waals surface area contributed by atoms with Crippen LogP contribution in [0.3, 0.4) is 0 Å². The van der Waals surface area contributed by atoms with Gasteiger partial charge < -0.3 is 4.74 Å². The van der Waals surface area contributed by atoms with Gasteiger partial charge in [0.15, 0.2) is 5.13 Å². The highest BCUT2D eigenvalue weighted by Gasteiger charge is 2.15. The molecule has 120 valence electrons. The van der Waals surface area contributed by atoms with E-state index in [1.165, 1.54) is 11.3 Å². The lowest BCUT2D eigenvalue weighted by molar-refractivity contribution is 0.415. The average molecular weight is 348 g/mol. The third-order valence-corrected chi connectivity index (χ3v) is 5.60. The molecule has 0 saturated carbocycles. The van der Waals surface area contributed by atoms with Crippen LogP contribution >= 0.6 is 11.3 Å². The fourth-order valence-electron chi connectivity index (χ4n) is 2.15. The number of benzene rings is 2. The smallest absolute Gasteiger partial charge is 0.238 e. The van der Waals surface area contributed by atoms with Crippen LogP contribution in [0.1, 0.15) is 11.1 Å². The van der Waals surface area contributed by atoms with Crippen molar-refractivity contribution < 1.29 is 13.2 Å². The van der Waals surface area contributed by atoms with Crippen molar-refractivity contribution in [3.8, 4) is 5.75 Å². The van der Waals surface area contributed by atoms with E-state index in [4.69, 9.17) is 4.74 Å². The molecule has 1 aromatic heterocycles. The van der Waals surface area contributed by atoms with Crippen LogP contribution in [0.25, 0.3) is 10.2 Å². The number of hydrogen-bond acceptors (Lipinski definition) is 5. The van der Waals surface area contributed by atoms with Gasteiger partial charge in [-0.15, -0.1) is 0 Å². The SMILES string of the molecule is COc1ccc2nc(NS(=O)(=O)Cc3ccc(C)cc3)sc2c1. The number of nitrogens with one attached hydrogen (secondary N) is 1. The first-order valence-corrected chi connectivity index (χ1v) is 9.43. The van der Waals surface area contributed by atoms with Crippen LogP contribution in [-0.2, 0) is 15.8 Å². The molecule has 2 aromatic carbocycles. The van der Waals surface area contributed by atoms with Crippen molar-refractivity contribution >= 4 is 36.7 Å². The van der Waals surface area contributed by atoms with Gasteiger partial charge in [0, 0.05) is 0 Å². The summed E-state index contributed by atoms with van der Waals surface area (Å²) in [4.78, 5) is 4.30. The average Bonchev–Trinajstić information content (AvgIpc) is 2.89. The van der Waals surface area contributed by atoms with Crippen LogP contribution in [0.4, 0.5) is 5.13 Å². The summed E-state index contributed by atoms with van der Waals surface area (Å²) in [7, 11) is -1.91. The molecule has 0 bridgehead atoms. The van der Waals surface area contributed by atoms with E-state index in [1.807, 2.05) is 43.3 Å². The van der Waals surface area contributed by atoms with Gasteiger partial charge in [-0.1, -0.05) is 41.2 Å². The molecule has 0 aliphatic carbocycles. The number of anilines is 1. The molecule has 0 saturated heterocycles. The summed E-state index contributed by atoms with van der Waals surface area (Å²) in [6.07, 6.45) is 0. The number of hydrogen-bond donors (Lipinski definition) is 1. The van der Waals surface area contributed by atoms with Crippen LogP contribution in [0, 0.1) is 6.92 Å². The first-order valence-electron chi connectivity index (χ1n) is 6.96. The van der Waals surface area contributed by atoms with Crippen LogP contribution in [-0.4, -0.2) is 20.5 Å². The fraction of sp³-hybridized carbons (Fsp3) is 0.188. The number of aryl methyl sites for hydroxylation is 1. The highest BCUT2D eigenvalue weighted by atomic mass is 32.2. The van der Waals surface area contributed by atoms with Crippen molar-refractivity contribution in [2.24, 2.45) is 0 Å². The van der Waals surface area contributed by atoms with Crippen molar-refractivity contribution in [3.05, 3.63) is 53.6 Å². The van der Waals surface area contributed by atoms with Crippen LogP contribution in [0.15, 0.2) is 42.5 Å². The first-order chi connectivity index (χ1) is 10.9. The number of nitrogens with zero attached hydrogens (tertiary/aromatic N) is 1. The van der Waals surface area contributed by atoms with Gasteiger partial charge in [-0.2, -0.15) is 0 Å². The highest BCUT2D eigenvalue weighted by molar-refractivity contribution is 7.92. The van der Waals surface area contributed by atoms with Gasteiger partial charge in [0.25, 0.3) is 0 Å². The summed E-state index contributed by atoms with van der Waals surface area (Å²) < 4.78 is 33.2. The topological polar surface area (TPSA) is 68.3 Å². The molecule has 3 aromatic rings. The lowest BCUT2D eigenvalue weighted by atomic mass is 10.2. The maximum atomic E-state index is 12.3. The summed E-state index contributed by atoms with van der Waals surface area (Å²) >= 11 is 1.29. The standard InChI is InChI=1S/C16H16N2O3S2/c1-11-3-5-12(6-4-11)10-23(19,20)18-16-17-14-8-7-13(21-2)9-15(14)22-16/h3-9H,10H2,1-2H3,(H,17,18). The van der Waals surface area contributed by atoms with E-state index in [9.17, 15) is 8.42 Å². The van der Waals surface area contributed by atoms with E-state index in [-0.39, 0.29) is 5.75 Å². The van der Waals surface area contributed by atoms with Gasteiger partial charge in [-0.05, 0) is 30.7 Å². The van der Waals surface area contributed by atoms with Crippen molar-refractivity contribution in [2.45, 2.75) is 12.7 Å². The number of ether oxygens (including phenoxy) is 1. The van der Waals surface area contributed by atoms with Gasteiger partial charge in [0.1, 0.15) is 5.75 Å². The van der Waals surface area contributed by atoms with Gasteiger partial charge in [0.2, 0.25) is 10.0 Å².